The van der Waals surface area contributed by atoms with Crippen molar-refractivity contribution >= 4 is 15.8 Å². The van der Waals surface area contributed by atoms with E-state index < -0.39 is 10.0 Å². The van der Waals surface area contributed by atoms with Gasteiger partial charge in [-0.25, -0.2) is 8.42 Å². The molecule has 96 valence electrons. The first-order valence-corrected chi connectivity index (χ1v) is 6.90. The minimum atomic E-state index is -3.63. The molecule has 0 amide bonds. The lowest BCUT2D eigenvalue weighted by Gasteiger charge is -2.08. The molecule has 0 radical (unpaired) electrons. The molecular weight excluding hydrogens is 252 g/mol. The summed E-state index contributed by atoms with van der Waals surface area (Å²) in [4.78, 5) is 0.253. The third kappa shape index (κ3) is 2.53. The van der Waals surface area contributed by atoms with Gasteiger partial charge < -0.3 is 4.52 Å². The van der Waals surface area contributed by atoms with Gasteiger partial charge in [-0.15, -0.1) is 0 Å². The van der Waals surface area contributed by atoms with Crippen LogP contribution >= 0.6 is 0 Å². The zero-order valence-corrected chi connectivity index (χ0v) is 11.2. The number of hydrogen-bond acceptors (Lipinski definition) is 4. The Morgan fingerprint density at radius 3 is 2.50 bits per heavy atom. The third-order valence-electron chi connectivity index (χ3n) is 2.50. The number of sulfonamides is 1. The van der Waals surface area contributed by atoms with Crippen LogP contribution in [-0.4, -0.2) is 13.6 Å². The highest BCUT2D eigenvalue weighted by molar-refractivity contribution is 7.92. The van der Waals surface area contributed by atoms with Gasteiger partial charge >= 0.3 is 0 Å². The van der Waals surface area contributed by atoms with Crippen LogP contribution in [0.25, 0.3) is 0 Å². The number of anilines is 1. The number of hydrogen-bond donors (Lipinski definition) is 1. The quantitative estimate of drug-likeness (QED) is 0.925. The van der Waals surface area contributed by atoms with Crippen molar-refractivity contribution in [2.75, 3.05) is 4.72 Å². The highest BCUT2D eigenvalue weighted by Crippen LogP contribution is 2.20. The zero-order chi connectivity index (χ0) is 13.3. The van der Waals surface area contributed by atoms with Gasteiger partial charge in [-0.2, -0.15) is 0 Å². The lowest BCUT2D eigenvalue weighted by Crippen LogP contribution is -2.14. The Morgan fingerprint density at radius 1 is 1.17 bits per heavy atom. The summed E-state index contributed by atoms with van der Waals surface area (Å²) in [5.41, 5.74) is 1.57. The SMILES string of the molecule is Cc1ccc(C)c(S(=O)(=O)Nc2cc(C)on2)c1. The van der Waals surface area contributed by atoms with Gasteiger partial charge in [-0.1, -0.05) is 17.3 Å². The van der Waals surface area contributed by atoms with E-state index in [0.717, 1.165) is 5.56 Å². The Bertz CT molecular complexity index is 674. The van der Waals surface area contributed by atoms with Crippen LogP contribution < -0.4 is 4.72 Å². The van der Waals surface area contributed by atoms with E-state index in [1.807, 2.05) is 13.0 Å². The molecule has 1 aromatic carbocycles. The molecule has 5 nitrogen and oxygen atoms in total. The van der Waals surface area contributed by atoms with Crippen LogP contribution in [0.3, 0.4) is 0 Å². The van der Waals surface area contributed by atoms with E-state index >= 15 is 0 Å². The molecule has 1 N–H and O–H groups in total. The summed E-state index contributed by atoms with van der Waals surface area (Å²) < 4.78 is 31.6. The highest BCUT2D eigenvalue weighted by Gasteiger charge is 2.18. The second kappa shape index (κ2) is 4.45. The van der Waals surface area contributed by atoms with Gasteiger partial charge in [0.1, 0.15) is 5.76 Å². The summed E-state index contributed by atoms with van der Waals surface area (Å²) in [6.07, 6.45) is 0. The monoisotopic (exact) mass is 266 g/mol. The van der Waals surface area contributed by atoms with Crippen molar-refractivity contribution in [3.63, 3.8) is 0 Å². The van der Waals surface area contributed by atoms with E-state index in [2.05, 4.69) is 9.88 Å². The number of rotatable bonds is 3. The van der Waals surface area contributed by atoms with Gasteiger partial charge in [0.2, 0.25) is 0 Å². The minimum absolute atomic E-state index is 0.188. The molecule has 0 spiro atoms. The van der Waals surface area contributed by atoms with E-state index in [4.69, 9.17) is 4.52 Å². The molecule has 0 aliphatic rings. The number of nitrogens with one attached hydrogen (secondary N) is 1. The summed E-state index contributed by atoms with van der Waals surface area (Å²) in [7, 11) is -3.63. The largest absolute Gasteiger partial charge is 0.360 e. The molecule has 18 heavy (non-hydrogen) atoms. The second-order valence-corrected chi connectivity index (χ2v) is 5.85. The van der Waals surface area contributed by atoms with Gasteiger partial charge in [0, 0.05) is 6.07 Å². The number of aromatic nitrogens is 1. The van der Waals surface area contributed by atoms with E-state index in [9.17, 15) is 8.42 Å². The average Bonchev–Trinajstić information content (AvgIpc) is 2.66. The van der Waals surface area contributed by atoms with Gasteiger partial charge in [0.05, 0.1) is 4.90 Å². The Hall–Kier alpha value is -1.82. The van der Waals surface area contributed by atoms with Crippen molar-refractivity contribution in [3.05, 3.63) is 41.2 Å². The zero-order valence-electron chi connectivity index (χ0n) is 10.4. The van der Waals surface area contributed by atoms with Crippen molar-refractivity contribution in [1.82, 2.24) is 5.16 Å². The molecule has 1 heterocycles. The first-order valence-electron chi connectivity index (χ1n) is 5.42. The molecule has 0 atom stereocenters. The van der Waals surface area contributed by atoms with E-state index in [-0.39, 0.29) is 10.7 Å². The fourth-order valence-corrected chi connectivity index (χ4v) is 2.92. The third-order valence-corrected chi connectivity index (χ3v) is 4.00. The Morgan fingerprint density at radius 2 is 1.89 bits per heavy atom. The first-order chi connectivity index (χ1) is 8.38. The van der Waals surface area contributed by atoms with Crippen molar-refractivity contribution in [1.29, 1.82) is 0 Å². The summed E-state index contributed by atoms with van der Waals surface area (Å²) in [6, 6.07) is 6.81. The Labute approximate surface area is 106 Å². The molecule has 0 aliphatic heterocycles. The molecule has 6 heteroatoms. The fourth-order valence-electron chi connectivity index (χ4n) is 1.60. The normalized spacial score (nSPS) is 11.5. The van der Waals surface area contributed by atoms with E-state index in [1.54, 1.807) is 26.0 Å². The van der Waals surface area contributed by atoms with Crippen LogP contribution in [0.4, 0.5) is 5.82 Å². The molecule has 0 saturated heterocycles. The number of benzene rings is 1. The summed E-state index contributed by atoms with van der Waals surface area (Å²) in [6.45, 7) is 5.30. The van der Waals surface area contributed by atoms with Gasteiger partial charge in [0.15, 0.2) is 5.82 Å². The van der Waals surface area contributed by atoms with Gasteiger partial charge in [-0.3, -0.25) is 4.72 Å². The molecule has 0 fully saturated rings. The Balaban J connectivity index is 2.39. The fraction of sp³-hybridized carbons (Fsp3) is 0.250. The summed E-state index contributed by atoms with van der Waals surface area (Å²) >= 11 is 0. The predicted molar refractivity (Wildman–Crippen MR) is 68.0 cm³/mol. The van der Waals surface area contributed by atoms with Gasteiger partial charge in [-0.05, 0) is 38.0 Å². The summed E-state index contributed by atoms with van der Waals surface area (Å²) in [5, 5.41) is 3.61. The lowest BCUT2D eigenvalue weighted by molar-refractivity contribution is 0.400. The average molecular weight is 266 g/mol. The Kier molecular flexibility index (Phi) is 3.13. The maximum atomic E-state index is 12.2. The molecule has 0 bridgehead atoms. The maximum absolute atomic E-state index is 12.2. The van der Waals surface area contributed by atoms with E-state index in [1.165, 1.54) is 6.07 Å². The van der Waals surface area contributed by atoms with Crippen molar-refractivity contribution < 1.29 is 12.9 Å². The molecule has 1 aromatic heterocycles. The predicted octanol–water partition coefficient (Wildman–Crippen LogP) is 2.40. The molecule has 0 aliphatic carbocycles. The van der Waals surface area contributed by atoms with Crippen LogP contribution in [0.2, 0.25) is 0 Å². The summed E-state index contributed by atoms with van der Waals surface area (Å²) in [5.74, 6) is 0.738. The van der Waals surface area contributed by atoms with Crippen molar-refractivity contribution in [2.45, 2.75) is 25.7 Å². The van der Waals surface area contributed by atoms with Crippen LogP contribution in [-0.2, 0) is 10.0 Å². The van der Waals surface area contributed by atoms with Crippen molar-refractivity contribution in [3.8, 4) is 0 Å². The minimum Gasteiger partial charge on any atom is -0.360 e. The maximum Gasteiger partial charge on any atom is 0.263 e. The standard InChI is InChI=1S/C12H14N2O3S/c1-8-4-5-9(2)11(6-8)18(15,16)14-12-7-10(3)17-13-12/h4-7H,1-3H3,(H,13,14). The molecule has 0 saturated carbocycles. The molecule has 2 rings (SSSR count). The smallest absolute Gasteiger partial charge is 0.263 e. The van der Waals surface area contributed by atoms with Crippen LogP contribution in [0.1, 0.15) is 16.9 Å². The van der Waals surface area contributed by atoms with Crippen LogP contribution in [0, 0.1) is 20.8 Å². The lowest BCUT2D eigenvalue weighted by atomic mass is 10.2. The van der Waals surface area contributed by atoms with Crippen molar-refractivity contribution in [2.24, 2.45) is 0 Å². The highest BCUT2D eigenvalue weighted by atomic mass is 32.2. The van der Waals surface area contributed by atoms with E-state index in [0.29, 0.717) is 11.3 Å². The van der Waals surface area contributed by atoms with Crippen LogP contribution in [0.15, 0.2) is 33.7 Å². The van der Waals surface area contributed by atoms with Gasteiger partial charge in [0.25, 0.3) is 10.0 Å². The number of aryl methyl sites for hydroxylation is 3. The van der Waals surface area contributed by atoms with Crippen LogP contribution in [0.5, 0.6) is 0 Å². The topological polar surface area (TPSA) is 72.2 Å². The molecule has 0 unspecified atom stereocenters. The molecule has 2 aromatic rings. The number of nitrogens with zero attached hydrogens (tertiary/aromatic N) is 1. The first kappa shape index (κ1) is 12.6. The molecular formula is C12H14N2O3S. The second-order valence-electron chi connectivity index (χ2n) is 4.20.